The molecular formula is C11H19NO3. The van der Waals surface area contributed by atoms with Gasteiger partial charge >= 0.3 is 5.97 Å². The fraction of sp³-hybridized carbons (Fsp3) is 0.818. The molecule has 1 N–H and O–H groups in total. The van der Waals surface area contributed by atoms with Gasteiger partial charge in [0.05, 0.1) is 11.8 Å². The van der Waals surface area contributed by atoms with Crippen LogP contribution in [0, 0.1) is 17.3 Å². The van der Waals surface area contributed by atoms with E-state index >= 15 is 0 Å². The third-order valence-corrected chi connectivity index (χ3v) is 3.48. The summed E-state index contributed by atoms with van der Waals surface area (Å²) in [6, 6.07) is 0.114. The smallest absolute Gasteiger partial charge is 0.307 e. The number of aliphatic carboxylic acids is 1. The second kappa shape index (κ2) is 3.51. The largest absolute Gasteiger partial charge is 0.481 e. The minimum Gasteiger partial charge on any atom is -0.481 e. The van der Waals surface area contributed by atoms with Gasteiger partial charge in [0.1, 0.15) is 0 Å². The first-order valence-electron chi connectivity index (χ1n) is 5.20. The third-order valence-electron chi connectivity index (χ3n) is 3.48. The lowest BCUT2D eigenvalue weighted by atomic mass is 10.1. The van der Waals surface area contributed by atoms with Crippen molar-refractivity contribution >= 4 is 11.9 Å². The van der Waals surface area contributed by atoms with Gasteiger partial charge in [-0.05, 0) is 19.3 Å². The van der Waals surface area contributed by atoms with Crippen LogP contribution in [0.4, 0.5) is 0 Å². The van der Waals surface area contributed by atoms with E-state index in [1.165, 1.54) is 0 Å². The van der Waals surface area contributed by atoms with Crippen LogP contribution in [0.15, 0.2) is 0 Å². The Morgan fingerprint density at radius 2 is 1.73 bits per heavy atom. The summed E-state index contributed by atoms with van der Waals surface area (Å²) in [6.45, 7) is 7.51. The van der Waals surface area contributed by atoms with Crippen LogP contribution in [0.3, 0.4) is 0 Å². The van der Waals surface area contributed by atoms with E-state index in [2.05, 4.69) is 0 Å². The van der Waals surface area contributed by atoms with Crippen LogP contribution in [0.25, 0.3) is 0 Å². The molecule has 1 fully saturated rings. The first kappa shape index (κ1) is 12.0. The monoisotopic (exact) mass is 213 g/mol. The topological polar surface area (TPSA) is 57.6 Å². The first-order valence-corrected chi connectivity index (χ1v) is 5.20. The van der Waals surface area contributed by atoms with Crippen LogP contribution in [0.2, 0.25) is 0 Å². The van der Waals surface area contributed by atoms with Crippen molar-refractivity contribution in [2.45, 2.75) is 33.7 Å². The highest BCUT2D eigenvalue weighted by Gasteiger charge is 2.66. The number of hydrogen-bond acceptors (Lipinski definition) is 2. The Morgan fingerprint density at radius 1 is 1.27 bits per heavy atom. The van der Waals surface area contributed by atoms with Crippen molar-refractivity contribution in [2.75, 3.05) is 7.05 Å². The Labute approximate surface area is 90.3 Å². The molecule has 2 atom stereocenters. The zero-order valence-corrected chi connectivity index (χ0v) is 9.94. The number of amides is 1. The fourth-order valence-corrected chi connectivity index (χ4v) is 2.03. The molecule has 1 rings (SSSR count). The fourth-order valence-electron chi connectivity index (χ4n) is 2.03. The molecule has 1 aliphatic rings. The average molecular weight is 213 g/mol. The molecule has 1 saturated carbocycles. The van der Waals surface area contributed by atoms with Crippen LogP contribution in [0.1, 0.15) is 27.7 Å². The zero-order valence-electron chi connectivity index (χ0n) is 9.94. The van der Waals surface area contributed by atoms with Crippen molar-refractivity contribution in [3.8, 4) is 0 Å². The predicted octanol–water partition coefficient (Wildman–Crippen LogP) is 1.21. The molecule has 1 amide bonds. The zero-order chi connectivity index (χ0) is 12.0. The minimum absolute atomic E-state index is 0.0533. The van der Waals surface area contributed by atoms with Crippen molar-refractivity contribution in [2.24, 2.45) is 17.3 Å². The lowest BCUT2D eigenvalue weighted by Gasteiger charge is -2.22. The highest BCUT2D eigenvalue weighted by molar-refractivity contribution is 5.91. The van der Waals surface area contributed by atoms with Gasteiger partial charge in [-0.1, -0.05) is 13.8 Å². The van der Waals surface area contributed by atoms with Crippen LogP contribution in [-0.4, -0.2) is 35.0 Å². The molecule has 0 heterocycles. The predicted molar refractivity (Wildman–Crippen MR) is 56.3 cm³/mol. The molecule has 4 nitrogen and oxygen atoms in total. The summed E-state index contributed by atoms with van der Waals surface area (Å²) < 4.78 is 0. The second-order valence-electron chi connectivity index (χ2n) is 5.16. The van der Waals surface area contributed by atoms with Crippen molar-refractivity contribution in [3.63, 3.8) is 0 Å². The number of hydrogen-bond donors (Lipinski definition) is 1. The highest BCUT2D eigenvalue weighted by atomic mass is 16.4. The molecule has 0 spiro atoms. The lowest BCUT2D eigenvalue weighted by Crippen LogP contribution is -2.35. The number of rotatable bonds is 3. The Hall–Kier alpha value is -1.06. The number of carbonyl (C=O) groups is 2. The quantitative estimate of drug-likeness (QED) is 0.766. The molecule has 4 heteroatoms. The van der Waals surface area contributed by atoms with E-state index in [1.54, 1.807) is 11.9 Å². The molecule has 0 bridgehead atoms. The summed E-state index contributed by atoms with van der Waals surface area (Å²) in [5.41, 5.74) is -0.397. The van der Waals surface area contributed by atoms with Crippen LogP contribution in [0.5, 0.6) is 0 Å². The molecular weight excluding hydrogens is 194 g/mol. The van der Waals surface area contributed by atoms with E-state index in [0.717, 1.165) is 0 Å². The number of carbonyl (C=O) groups excluding carboxylic acids is 1. The van der Waals surface area contributed by atoms with Gasteiger partial charge in [0, 0.05) is 13.1 Å². The van der Waals surface area contributed by atoms with Crippen LogP contribution in [-0.2, 0) is 9.59 Å². The van der Waals surface area contributed by atoms with E-state index in [4.69, 9.17) is 5.11 Å². The minimum atomic E-state index is -0.865. The van der Waals surface area contributed by atoms with Crippen molar-refractivity contribution in [3.05, 3.63) is 0 Å². The van der Waals surface area contributed by atoms with E-state index in [0.29, 0.717) is 0 Å². The molecule has 0 aliphatic heterocycles. The molecule has 0 aromatic carbocycles. The van der Waals surface area contributed by atoms with Gasteiger partial charge < -0.3 is 10.0 Å². The van der Waals surface area contributed by atoms with Crippen LogP contribution < -0.4 is 0 Å². The maximum absolute atomic E-state index is 11.9. The summed E-state index contributed by atoms with van der Waals surface area (Å²) in [6.07, 6.45) is 0. The summed E-state index contributed by atoms with van der Waals surface area (Å²) in [5, 5.41) is 8.96. The van der Waals surface area contributed by atoms with E-state index < -0.39 is 17.3 Å². The second-order valence-corrected chi connectivity index (χ2v) is 5.16. The summed E-state index contributed by atoms with van der Waals surface area (Å²) in [5.74, 6) is -1.80. The number of nitrogens with zero attached hydrogens (tertiary/aromatic N) is 1. The first-order chi connectivity index (χ1) is 6.71. The van der Waals surface area contributed by atoms with Gasteiger partial charge in [-0.3, -0.25) is 9.59 Å². The van der Waals surface area contributed by atoms with Gasteiger partial charge in [-0.25, -0.2) is 0 Å². The third kappa shape index (κ3) is 1.85. The summed E-state index contributed by atoms with van der Waals surface area (Å²) >= 11 is 0. The number of carboxylic acid groups (broad SMARTS) is 1. The Morgan fingerprint density at radius 3 is 2.00 bits per heavy atom. The maximum Gasteiger partial charge on any atom is 0.307 e. The molecule has 15 heavy (non-hydrogen) atoms. The SMILES string of the molecule is CC(C)N(C)C(=O)C1C(C(=O)O)C1(C)C. The standard InChI is InChI=1S/C11H19NO3/c1-6(2)12(5)9(13)7-8(10(14)15)11(7,3)4/h6-8H,1-5H3,(H,14,15). The van der Waals surface area contributed by atoms with Crippen molar-refractivity contribution in [1.82, 2.24) is 4.90 Å². The molecule has 86 valence electrons. The maximum atomic E-state index is 11.9. The van der Waals surface area contributed by atoms with Gasteiger partial charge in [-0.15, -0.1) is 0 Å². The van der Waals surface area contributed by atoms with E-state index in [9.17, 15) is 9.59 Å². The van der Waals surface area contributed by atoms with Gasteiger partial charge in [0.15, 0.2) is 0 Å². The number of carboxylic acids is 1. The molecule has 0 radical (unpaired) electrons. The van der Waals surface area contributed by atoms with E-state index in [-0.39, 0.29) is 17.9 Å². The molecule has 0 saturated heterocycles. The van der Waals surface area contributed by atoms with Crippen molar-refractivity contribution < 1.29 is 14.7 Å². The van der Waals surface area contributed by atoms with Crippen LogP contribution >= 0.6 is 0 Å². The molecule has 1 aliphatic carbocycles. The van der Waals surface area contributed by atoms with Gasteiger partial charge in [0.2, 0.25) is 5.91 Å². The highest BCUT2D eigenvalue weighted by Crippen LogP contribution is 2.59. The average Bonchev–Trinajstić information content (AvgIpc) is 2.66. The Balaban J connectivity index is 2.76. The Kier molecular flexibility index (Phi) is 2.81. The molecule has 2 unspecified atom stereocenters. The van der Waals surface area contributed by atoms with Crippen molar-refractivity contribution in [1.29, 1.82) is 0 Å². The van der Waals surface area contributed by atoms with Gasteiger partial charge in [0.25, 0.3) is 0 Å². The molecule has 0 aromatic heterocycles. The lowest BCUT2D eigenvalue weighted by molar-refractivity contribution is -0.142. The summed E-state index contributed by atoms with van der Waals surface area (Å²) in [7, 11) is 1.72. The molecule has 0 aromatic rings. The normalized spacial score (nSPS) is 27.6. The van der Waals surface area contributed by atoms with Gasteiger partial charge in [-0.2, -0.15) is 0 Å². The van der Waals surface area contributed by atoms with E-state index in [1.807, 2.05) is 27.7 Å². The Bertz CT molecular complexity index is 296. The summed E-state index contributed by atoms with van der Waals surface area (Å²) in [4.78, 5) is 24.5.